The highest BCUT2D eigenvalue weighted by atomic mass is 35.5. The summed E-state index contributed by atoms with van der Waals surface area (Å²) < 4.78 is 5.28. The SMILES string of the molecule is CC(C)c1ccc(C(=O)NNC(=O)COc2ccc(Cl)cc2)cc1. The van der Waals surface area contributed by atoms with E-state index in [4.69, 9.17) is 16.3 Å². The fraction of sp³-hybridized carbons (Fsp3) is 0.222. The number of rotatable bonds is 5. The third-order valence-electron chi connectivity index (χ3n) is 3.34. The molecule has 6 heteroatoms. The number of benzene rings is 2. The van der Waals surface area contributed by atoms with Crippen molar-refractivity contribution in [3.8, 4) is 5.75 Å². The van der Waals surface area contributed by atoms with Crippen LogP contribution in [0.5, 0.6) is 5.75 Å². The molecule has 0 spiro atoms. The van der Waals surface area contributed by atoms with Crippen LogP contribution in [0.15, 0.2) is 48.5 Å². The molecule has 0 radical (unpaired) electrons. The Morgan fingerprint density at radius 3 is 2.21 bits per heavy atom. The second-order valence-electron chi connectivity index (χ2n) is 5.52. The molecule has 2 amide bonds. The molecule has 126 valence electrons. The largest absolute Gasteiger partial charge is 0.484 e. The minimum atomic E-state index is -0.461. The van der Waals surface area contributed by atoms with Crippen LogP contribution in [-0.2, 0) is 4.79 Å². The van der Waals surface area contributed by atoms with Crippen LogP contribution in [0.25, 0.3) is 0 Å². The van der Waals surface area contributed by atoms with Crippen molar-refractivity contribution in [2.24, 2.45) is 0 Å². The summed E-state index contributed by atoms with van der Waals surface area (Å²) in [6, 6.07) is 13.9. The molecule has 0 bridgehead atoms. The van der Waals surface area contributed by atoms with Gasteiger partial charge >= 0.3 is 0 Å². The number of hydrogen-bond donors (Lipinski definition) is 2. The molecule has 0 saturated carbocycles. The molecule has 0 heterocycles. The van der Waals surface area contributed by atoms with Gasteiger partial charge in [0.25, 0.3) is 11.8 Å². The maximum Gasteiger partial charge on any atom is 0.276 e. The predicted octanol–water partition coefficient (Wildman–Crippen LogP) is 3.30. The van der Waals surface area contributed by atoms with Crippen molar-refractivity contribution in [2.45, 2.75) is 19.8 Å². The Hall–Kier alpha value is -2.53. The summed E-state index contributed by atoms with van der Waals surface area (Å²) >= 11 is 5.76. The summed E-state index contributed by atoms with van der Waals surface area (Å²) in [7, 11) is 0. The smallest absolute Gasteiger partial charge is 0.276 e. The van der Waals surface area contributed by atoms with E-state index in [-0.39, 0.29) is 12.5 Å². The number of halogens is 1. The minimum Gasteiger partial charge on any atom is -0.484 e. The Morgan fingerprint density at radius 1 is 1.00 bits per heavy atom. The summed E-state index contributed by atoms with van der Waals surface area (Å²) in [6.07, 6.45) is 0. The van der Waals surface area contributed by atoms with E-state index in [0.717, 1.165) is 5.56 Å². The molecule has 0 aliphatic carbocycles. The minimum absolute atomic E-state index is 0.214. The van der Waals surface area contributed by atoms with Crippen LogP contribution in [0.3, 0.4) is 0 Å². The van der Waals surface area contributed by atoms with Gasteiger partial charge in [0.1, 0.15) is 5.75 Å². The van der Waals surface area contributed by atoms with Gasteiger partial charge in [-0.1, -0.05) is 37.6 Å². The van der Waals surface area contributed by atoms with Gasteiger partial charge < -0.3 is 4.74 Å². The molecule has 0 aliphatic rings. The average Bonchev–Trinajstić information content (AvgIpc) is 2.59. The van der Waals surface area contributed by atoms with Gasteiger partial charge in [-0.25, -0.2) is 0 Å². The number of carbonyl (C=O) groups excluding carboxylic acids is 2. The molecule has 2 N–H and O–H groups in total. The van der Waals surface area contributed by atoms with Crippen LogP contribution >= 0.6 is 11.6 Å². The standard InChI is InChI=1S/C18H19ClN2O3/c1-12(2)13-3-5-14(6-4-13)18(23)21-20-17(22)11-24-16-9-7-15(19)8-10-16/h3-10,12H,11H2,1-2H3,(H,20,22)(H,21,23). The molecule has 5 nitrogen and oxygen atoms in total. The topological polar surface area (TPSA) is 67.4 Å². The Bertz CT molecular complexity index is 697. The van der Waals surface area contributed by atoms with Gasteiger partial charge in [0.05, 0.1) is 0 Å². The molecule has 0 aromatic heterocycles. The van der Waals surface area contributed by atoms with E-state index in [0.29, 0.717) is 22.3 Å². The van der Waals surface area contributed by atoms with Crippen LogP contribution in [-0.4, -0.2) is 18.4 Å². The van der Waals surface area contributed by atoms with Gasteiger partial charge in [-0.15, -0.1) is 0 Å². The van der Waals surface area contributed by atoms with Crippen LogP contribution in [0, 0.1) is 0 Å². The van der Waals surface area contributed by atoms with E-state index in [1.54, 1.807) is 36.4 Å². The molecule has 0 fully saturated rings. The quantitative estimate of drug-likeness (QED) is 0.816. The van der Waals surface area contributed by atoms with Crippen molar-refractivity contribution in [3.63, 3.8) is 0 Å². The monoisotopic (exact) mass is 346 g/mol. The fourth-order valence-electron chi connectivity index (χ4n) is 1.93. The van der Waals surface area contributed by atoms with Crippen molar-refractivity contribution < 1.29 is 14.3 Å². The molecule has 24 heavy (non-hydrogen) atoms. The molecule has 0 saturated heterocycles. The van der Waals surface area contributed by atoms with Crippen molar-refractivity contribution in [3.05, 3.63) is 64.7 Å². The molecule has 0 aliphatic heterocycles. The van der Waals surface area contributed by atoms with Gasteiger partial charge in [-0.05, 0) is 47.9 Å². The van der Waals surface area contributed by atoms with Gasteiger partial charge in [-0.2, -0.15) is 0 Å². The van der Waals surface area contributed by atoms with Crippen LogP contribution < -0.4 is 15.6 Å². The van der Waals surface area contributed by atoms with Gasteiger partial charge in [0.15, 0.2) is 6.61 Å². The summed E-state index contributed by atoms with van der Waals surface area (Å²) in [5, 5.41) is 0.586. The zero-order valence-electron chi connectivity index (χ0n) is 13.5. The average molecular weight is 347 g/mol. The predicted molar refractivity (Wildman–Crippen MR) is 93.1 cm³/mol. The van der Waals surface area contributed by atoms with Crippen molar-refractivity contribution in [1.82, 2.24) is 10.9 Å². The lowest BCUT2D eigenvalue weighted by molar-refractivity contribution is -0.123. The first-order valence-electron chi connectivity index (χ1n) is 7.53. The lowest BCUT2D eigenvalue weighted by Crippen LogP contribution is -2.43. The second-order valence-corrected chi connectivity index (χ2v) is 5.96. The van der Waals surface area contributed by atoms with E-state index in [1.165, 1.54) is 0 Å². The van der Waals surface area contributed by atoms with Gasteiger partial charge in [-0.3, -0.25) is 20.4 Å². The number of carbonyl (C=O) groups is 2. The highest BCUT2D eigenvalue weighted by molar-refractivity contribution is 6.30. The van der Waals surface area contributed by atoms with E-state index in [2.05, 4.69) is 24.7 Å². The van der Waals surface area contributed by atoms with E-state index in [9.17, 15) is 9.59 Å². The van der Waals surface area contributed by atoms with Crippen LogP contribution in [0.2, 0.25) is 5.02 Å². The molecule has 2 aromatic carbocycles. The fourth-order valence-corrected chi connectivity index (χ4v) is 2.06. The van der Waals surface area contributed by atoms with Crippen molar-refractivity contribution >= 4 is 23.4 Å². The molecule has 2 rings (SSSR count). The molecular weight excluding hydrogens is 328 g/mol. The Balaban J connectivity index is 1.78. The van der Waals surface area contributed by atoms with E-state index >= 15 is 0 Å². The number of hydrogen-bond acceptors (Lipinski definition) is 3. The number of amides is 2. The third-order valence-corrected chi connectivity index (χ3v) is 3.59. The summed E-state index contributed by atoms with van der Waals surface area (Å²) in [5.74, 6) is 0.0687. The van der Waals surface area contributed by atoms with Gasteiger partial charge in [0, 0.05) is 10.6 Å². The number of ether oxygens (including phenoxy) is 1. The van der Waals surface area contributed by atoms with E-state index < -0.39 is 5.91 Å². The lowest BCUT2D eigenvalue weighted by atomic mass is 10.0. The normalized spacial score (nSPS) is 10.3. The van der Waals surface area contributed by atoms with Crippen LogP contribution in [0.1, 0.15) is 35.7 Å². The molecule has 0 unspecified atom stereocenters. The first-order chi connectivity index (χ1) is 11.5. The van der Waals surface area contributed by atoms with Crippen LogP contribution in [0.4, 0.5) is 0 Å². The Kier molecular flexibility index (Phi) is 6.21. The zero-order valence-corrected chi connectivity index (χ0v) is 14.3. The summed E-state index contributed by atoms with van der Waals surface area (Å²) in [6.45, 7) is 3.94. The number of nitrogens with one attached hydrogen (secondary N) is 2. The maximum absolute atomic E-state index is 12.0. The van der Waals surface area contributed by atoms with Gasteiger partial charge in [0.2, 0.25) is 0 Å². The zero-order chi connectivity index (χ0) is 17.5. The highest BCUT2D eigenvalue weighted by Gasteiger charge is 2.08. The van der Waals surface area contributed by atoms with Crippen molar-refractivity contribution in [2.75, 3.05) is 6.61 Å². The first-order valence-corrected chi connectivity index (χ1v) is 7.91. The summed E-state index contributed by atoms with van der Waals surface area (Å²) in [5.41, 5.74) is 6.28. The molecule has 0 atom stereocenters. The maximum atomic E-state index is 12.0. The highest BCUT2D eigenvalue weighted by Crippen LogP contribution is 2.15. The Morgan fingerprint density at radius 2 is 1.62 bits per heavy atom. The second kappa shape index (κ2) is 8.36. The Labute approximate surface area is 145 Å². The van der Waals surface area contributed by atoms with Crippen molar-refractivity contribution in [1.29, 1.82) is 0 Å². The first kappa shape index (κ1) is 17.8. The number of hydrazine groups is 1. The molecule has 2 aromatic rings. The molecular formula is C18H19ClN2O3. The lowest BCUT2D eigenvalue weighted by Gasteiger charge is -2.10. The van der Waals surface area contributed by atoms with E-state index in [1.807, 2.05) is 12.1 Å². The summed E-state index contributed by atoms with van der Waals surface area (Å²) in [4.78, 5) is 23.6. The third kappa shape index (κ3) is 5.28.